The first-order chi connectivity index (χ1) is 8.81. The summed E-state index contributed by atoms with van der Waals surface area (Å²) < 4.78 is 12.7. The van der Waals surface area contributed by atoms with E-state index in [1.807, 2.05) is 7.05 Å². The Kier molecular flexibility index (Phi) is 5.48. The van der Waals surface area contributed by atoms with Gasteiger partial charge in [-0.1, -0.05) is 12.1 Å². The average molecular weight is 267 g/mol. The van der Waals surface area contributed by atoms with E-state index in [2.05, 4.69) is 4.90 Å². The molecule has 0 aliphatic rings. The van der Waals surface area contributed by atoms with Crippen molar-refractivity contribution in [3.05, 3.63) is 35.6 Å². The maximum Gasteiger partial charge on any atom is 0.309 e. The number of hydrogen-bond donors (Lipinski definition) is 1. The molecule has 1 aromatic rings. The summed E-state index contributed by atoms with van der Waals surface area (Å²) in [5.41, 5.74) is 0.398. The van der Waals surface area contributed by atoms with E-state index in [1.54, 1.807) is 26.0 Å². The minimum Gasteiger partial charge on any atom is -0.481 e. The molecule has 1 N–H and O–H groups in total. The highest BCUT2D eigenvalue weighted by atomic mass is 19.1. The second-order valence-corrected chi connectivity index (χ2v) is 5.62. The highest BCUT2D eigenvalue weighted by Crippen LogP contribution is 2.20. The SMILES string of the molecule is CN(CCc1ccc(F)cc1)CCC(C)(C)C(=O)O. The average Bonchev–Trinajstić information content (AvgIpc) is 2.35. The first-order valence-electron chi connectivity index (χ1n) is 6.47. The lowest BCUT2D eigenvalue weighted by Gasteiger charge is -2.23. The van der Waals surface area contributed by atoms with Gasteiger partial charge in [0.25, 0.3) is 0 Å². The number of carboxylic acids is 1. The molecule has 0 saturated carbocycles. The highest BCUT2D eigenvalue weighted by Gasteiger charge is 2.26. The van der Waals surface area contributed by atoms with Crippen molar-refractivity contribution in [2.75, 3.05) is 20.1 Å². The number of carboxylic acid groups (broad SMARTS) is 1. The molecule has 0 amide bonds. The van der Waals surface area contributed by atoms with Crippen LogP contribution in [0.4, 0.5) is 4.39 Å². The van der Waals surface area contributed by atoms with Crippen molar-refractivity contribution in [3.63, 3.8) is 0 Å². The molecule has 0 aliphatic carbocycles. The van der Waals surface area contributed by atoms with Gasteiger partial charge in [0.15, 0.2) is 0 Å². The number of hydrogen-bond acceptors (Lipinski definition) is 2. The molecular weight excluding hydrogens is 245 g/mol. The second-order valence-electron chi connectivity index (χ2n) is 5.62. The molecule has 3 nitrogen and oxygen atoms in total. The Morgan fingerprint density at radius 2 is 1.84 bits per heavy atom. The van der Waals surface area contributed by atoms with Crippen LogP contribution in [0.2, 0.25) is 0 Å². The number of halogens is 1. The standard InChI is InChI=1S/C15H22FNO2/c1-15(2,14(18)19)9-11-17(3)10-8-12-4-6-13(16)7-5-12/h4-7H,8-11H2,1-3H3,(H,18,19). The molecule has 0 spiro atoms. The van der Waals surface area contributed by atoms with Gasteiger partial charge in [0.1, 0.15) is 5.82 Å². The van der Waals surface area contributed by atoms with E-state index in [0.717, 1.165) is 25.1 Å². The van der Waals surface area contributed by atoms with Gasteiger partial charge < -0.3 is 10.0 Å². The minimum atomic E-state index is -0.764. The minimum absolute atomic E-state index is 0.222. The zero-order valence-corrected chi connectivity index (χ0v) is 11.8. The van der Waals surface area contributed by atoms with Gasteiger partial charge in [-0.25, -0.2) is 4.39 Å². The van der Waals surface area contributed by atoms with Crippen molar-refractivity contribution in [3.8, 4) is 0 Å². The number of benzene rings is 1. The molecule has 0 radical (unpaired) electrons. The summed E-state index contributed by atoms with van der Waals surface area (Å²) in [6.07, 6.45) is 1.45. The first-order valence-corrected chi connectivity index (χ1v) is 6.47. The Hall–Kier alpha value is -1.42. The molecule has 0 bridgehead atoms. The van der Waals surface area contributed by atoms with Crippen LogP contribution in [-0.4, -0.2) is 36.1 Å². The molecule has 0 atom stereocenters. The van der Waals surface area contributed by atoms with E-state index in [0.29, 0.717) is 6.42 Å². The van der Waals surface area contributed by atoms with E-state index in [-0.39, 0.29) is 5.82 Å². The van der Waals surface area contributed by atoms with E-state index < -0.39 is 11.4 Å². The Labute approximate surface area is 114 Å². The summed E-state index contributed by atoms with van der Waals surface area (Å²) in [5, 5.41) is 9.03. The molecule has 1 aromatic carbocycles. The Morgan fingerprint density at radius 1 is 1.26 bits per heavy atom. The van der Waals surface area contributed by atoms with Crippen LogP contribution in [0.25, 0.3) is 0 Å². The number of rotatable bonds is 7. The number of nitrogens with zero attached hydrogens (tertiary/aromatic N) is 1. The maximum atomic E-state index is 12.7. The molecule has 1 rings (SSSR count). The summed E-state index contributed by atoms with van der Waals surface area (Å²) in [7, 11) is 1.97. The Balaban J connectivity index is 2.34. The van der Waals surface area contributed by atoms with Crippen LogP contribution in [0.5, 0.6) is 0 Å². The van der Waals surface area contributed by atoms with Gasteiger partial charge in [0, 0.05) is 6.54 Å². The summed E-state index contributed by atoms with van der Waals surface area (Å²) >= 11 is 0. The van der Waals surface area contributed by atoms with Crippen LogP contribution in [-0.2, 0) is 11.2 Å². The zero-order chi connectivity index (χ0) is 14.5. The smallest absolute Gasteiger partial charge is 0.309 e. The summed E-state index contributed by atoms with van der Waals surface area (Å²) in [6, 6.07) is 6.49. The number of carbonyl (C=O) groups is 1. The Morgan fingerprint density at radius 3 is 2.37 bits per heavy atom. The summed E-state index contributed by atoms with van der Waals surface area (Å²) in [5.74, 6) is -0.986. The van der Waals surface area contributed by atoms with Gasteiger partial charge in [0.05, 0.1) is 5.41 Å². The topological polar surface area (TPSA) is 40.5 Å². The first kappa shape index (κ1) is 15.6. The molecule has 0 aliphatic heterocycles. The zero-order valence-electron chi connectivity index (χ0n) is 11.8. The van der Waals surface area contributed by atoms with Crippen LogP contribution in [0, 0.1) is 11.2 Å². The molecular formula is C15H22FNO2. The third-order valence-corrected chi connectivity index (χ3v) is 3.39. The molecule has 0 heterocycles. The second kappa shape index (κ2) is 6.66. The predicted molar refractivity (Wildman–Crippen MR) is 73.6 cm³/mol. The quantitative estimate of drug-likeness (QED) is 0.826. The third kappa shape index (κ3) is 5.39. The van der Waals surface area contributed by atoms with Crippen molar-refractivity contribution in [2.24, 2.45) is 5.41 Å². The fourth-order valence-electron chi connectivity index (χ4n) is 1.66. The van der Waals surface area contributed by atoms with Crippen LogP contribution in [0.3, 0.4) is 0 Å². The molecule has 0 saturated heterocycles. The van der Waals surface area contributed by atoms with E-state index in [1.165, 1.54) is 12.1 Å². The largest absolute Gasteiger partial charge is 0.481 e. The molecule has 19 heavy (non-hydrogen) atoms. The fraction of sp³-hybridized carbons (Fsp3) is 0.533. The van der Waals surface area contributed by atoms with Crippen molar-refractivity contribution >= 4 is 5.97 Å². The lowest BCUT2D eigenvalue weighted by molar-refractivity contribution is -0.147. The Bertz CT molecular complexity index is 415. The van der Waals surface area contributed by atoms with Gasteiger partial charge >= 0.3 is 5.97 Å². The number of aliphatic carboxylic acids is 1. The van der Waals surface area contributed by atoms with Gasteiger partial charge in [-0.05, 0) is 58.0 Å². The van der Waals surface area contributed by atoms with Gasteiger partial charge in [-0.3, -0.25) is 4.79 Å². The predicted octanol–water partition coefficient (Wildman–Crippen LogP) is 2.80. The van der Waals surface area contributed by atoms with Crippen LogP contribution in [0.15, 0.2) is 24.3 Å². The lowest BCUT2D eigenvalue weighted by Crippen LogP contribution is -2.31. The van der Waals surface area contributed by atoms with E-state index >= 15 is 0 Å². The van der Waals surface area contributed by atoms with Crippen molar-refractivity contribution < 1.29 is 14.3 Å². The van der Waals surface area contributed by atoms with Crippen molar-refractivity contribution in [2.45, 2.75) is 26.7 Å². The lowest BCUT2D eigenvalue weighted by atomic mass is 9.89. The third-order valence-electron chi connectivity index (χ3n) is 3.39. The van der Waals surface area contributed by atoms with Crippen LogP contribution >= 0.6 is 0 Å². The van der Waals surface area contributed by atoms with Crippen molar-refractivity contribution in [1.29, 1.82) is 0 Å². The number of likely N-dealkylation sites (N-methyl/N-ethyl adjacent to an activating group) is 1. The fourth-order valence-corrected chi connectivity index (χ4v) is 1.66. The molecule has 0 fully saturated rings. The van der Waals surface area contributed by atoms with Gasteiger partial charge in [0.2, 0.25) is 0 Å². The van der Waals surface area contributed by atoms with Gasteiger partial charge in [-0.15, -0.1) is 0 Å². The monoisotopic (exact) mass is 267 g/mol. The van der Waals surface area contributed by atoms with Gasteiger partial charge in [-0.2, -0.15) is 0 Å². The molecule has 4 heteroatoms. The normalized spacial score (nSPS) is 11.8. The van der Waals surface area contributed by atoms with Crippen LogP contribution < -0.4 is 0 Å². The summed E-state index contributed by atoms with van der Waals surface area (Å²) in [6.45, 7) is 5.05. The molecule has 106 valence electrons. The highest BCUT2D eigenvalue weighted by molar-refractivity contribution is 5.73. The van der Waals surface area contributed by atoms with Crippen molar-refractivity contribution in [1.82, 2.24) is 4.90 Å². The van der Waals surface area contributed by atoms with E-state index in [4.69, 9.17) is 5.11 Å². The molecule has 0 aromatic heterocycles. The van der Waals surface area contributed by atoms with E-state index in [9.17, 15) is 9.18 Å². The maximum absolute atomic E-state index is 12.7. The molecule has 0 unspecified atom stereocenters. The summed E-state index contributed by atoms with van der Waals surface area (Å²) in [4.78, 5) is 13.1. The van der Waals surface area contributed by atoms with Crippen LogP contribution in [0.1, 0.15) is 25.8 Å².